The molecule has 0 radical (unpaired) electrons. The molecule has 2 aromatic heterocycles. The first kappa shape index (κ1) is 21.9. The third-order valence-corrected chi connectivity index (χ3v) is 6.43. The van der Waals surface area contributed by atoms with Crippen LogP contribution in [0.2, 0.25) is 5.15 Å². The smallest absolute Gasteiger partial charge is 0.410 e. The van der Waals surface area contributed by atoms with Crippen molar-refractivity contribution in [2.45, 2.75) is 56.5 Å². The zero-order valence-electron chi connectivity index (χ0n) is 17.6. The van der Waals surface area contributed by atoms with E-state index in [1.165, 1.54) is 6.20 Å². The minimum Gasteiger partial charge on any atom is -0.444 e. The Labute approximate surface area is 184 Å². The number of pyridine rings is 1. The van der Waals surface area contributed by atoms with E-state index < -0.39 is 31.6 Å². The lowest BCUT2D eigenvalue weighted by molar-refractivity contribution is 0.0123. The summed E-state index contributed by atoms with van der Waals surface area (Å²) in [5.41, 5.74) is -0.809. The van der Waals surface area contributed by atoms with Gasteiger partial charge in [0.15, 0.2) is 11.0 Å². The number of piperazine rings is 1. The SMILES string of the molecule is CC(C)(C)OC(=O)N1C2CCC1CN(c1nc(S(C)(=O)=O)nc3c(F)c(Cl)ncc13)C2. The molecule has 4 heterocycles. The summed E-state index contributed by atoms with van der Waals surface area (Å²) in [5, 5.41) is -0.621. The highest BCUT2D eigenvalue weighted by Gasteiger charge is 2.45. The minimum absolute atomic E-state index is 0.134. The molecule has 2 bridgehead atoms. The quantitative estimate of drug-likeness (QED) is 0.486. The Kier molecular flexibility index (Phi) is 5.24. The van der Waals surface area contributed by atoms with Crippen LogP contribution < -0.4 is 4.90 Å². The zero-order chi connectivity index (χ0) is 22.7. The van der Waals surface area contributed by atoms with Crippen LogP contribution in [0.4, 0.5) is 15.0 Å². The van der Waals surface area contributed by atoms with Crippen molar-refractivity contribution in [3.63, 3.8) is 0 Å². The number of halogens is 2. The fraction of sp³-hybridized carbons (Fsp3) is 0.579. The van der Waals surface area contributed by atoms with E-state index in [0.717, 1.165) is 19.1 Å². The van der Waals surface area contributed by atoms with E-state index in [1.54, 1.807) is 4.90 Å². The topological polar surface area (TPSA) is 106 Å². The summed E-state index contributed by atoms with van der Waals surface area (Å²) in [7, 11) is -3.80. The molecule has 0 aromatic carbocycles. The summed E-state index contributed by atoms with van der Waals surface area (Å²) < 4.78 is 44.5. The van der Waals surface area contributed by atoms with Gasteiger partial charge in [-0.25, -0.2) is 32.6 Å². The number of hydrogen-bond donors (Lipinski definition) is 0. The second-order valence-corrected chi connectivity index (χ2v) is 11.2. The number of amides is 1. The largest absolute Gasteiger partial charge is 0.444 e. The lowest BCUT2D eigenvalue weighted by atomic mass is 10.1. The summed E-state index contributed by atoms with van der Waals surface area (Å²) >= 11 is 5.79. The van der Waals surface area contributed by atoms with E-state index in [-0.39, 0.29) is 34.9 Å². The fourth-order valence-electron chi connectivity index (χ4n) is 4.09. The van der Waals surface area contributed by atoms with Crippen LogP contribution >= 0.6 is 11.6 Å². The molecule has 2 saturated heterocycles. The Morgan fingerprint density at radius 2 is 1.84 bits per heavy atom. The van der Waals surface area contributed by atoms with E-state index in [2.05, 4.69) is 15.0 Å². The lowest BCUT2D eigenvalue weighted by Crippen LogP contribution is -2.57. The van der Waals surface area contributed by atoms with Crippen molar-refractivity contribution in [1.82, 2.24) is 19.9 Å². The molecule has 2 aliphatic heterocycles. The zero-order valence-corrected chi connectivity index (χ0v) is 19.2. The van der Waals surface area contributed by atoms with Gasteiger partial charge in [-0.05, 0) is 33.6 Å². The summed E-state index contributed by atoms with van der Waals surface area (Å²) in [6.45, 7) is 6.24. The highest BCUT2D eigenvalue weighted by Crippen LogP contribution is 2.36. The molecule has 0 spiro atoms. The highest BCUT2D eigenvalue weighted by molar-refractivity contribution is 7.90. The molecule has 0 saturated carbocycles. The normalized spacial score (nSPS) is 21.6. The number of anilines is 1. The standard InChI is InChI=1S/C19H23ClFN5O4S/c1-19(2,3)30-18(27)26-10-5-6-11(26)9-25(8-10)16-12-7-22-15(20)13(21)14(12)23-17(24-16)31(4,28)29/h7,10-11H,5-6,8-9H2,1-4H3. The molecule has 2 aromatic rings. The Bertz CT molecular complexity index is 1160. The van der Waals surface area contributed by atoms with Gasteiger partial charge in [-0.15, -0.1) is 0 Å². The van der Waals surface area contributed by atoms with Crippen molar-refractivity contribution >= 4 is 44.3 Å². The van der Waals surface area contributed by atoms with Crippen molar-refractivity contribution in [3.8, 4) is 0 Å². The van der Waals surface area contributed by atoms with Crippen molar-refractivity contribution in [1.29, 1.82) is 0 Å². The average Bonchev–Trinajstić information content (AvgIpc) is 2.92. The number of hydrogen-bond acceptors (Lipinski definition) is 8. The van der Waals surface area contributed by atoms with Crippen LogP contribution in [0.15, 0.2) is 11.4 Å². The van der Waals surface area contributed by atoms with Gasteiger partial charge in [0.2, 0.25) is 15.0 Å². The predicted molar refractivity (Wildman–Crippen MR) is 113 cm³/mol. The Morgan fingerprint density at radius 3 is 2.39 bits per heavy atom. The highest BCUT2D eigenvalue weighted by atomic mass is 35.5. The van der Waals surface area contributed by atoms with Crippen LogP contribution in [0.1, 0.15) is 33.6 Å². The van der Waals surface area contributed by atoms with Crippen LogP contribution in [-0.4, -0.2) is 71.4 Å². The number of carbonyl (C=O) groups excluding carboxylic acids is 1. The summed E-state index contributed by atoms with van der Waals surface area (Å²) in [5.74, 6) is -0.641. The second kappa shape index (κ2) is 7.40. The monoisotopic (exact) mass is 471 g/mol. The van der Waals surface area contributed by atoms with E-state index >= 15 is 0 Å². The van der Waals surface area contributed by atoms with Crippen molar-refractivity contribution in [2.24, 2.45) is 0 Å². The number of nitrogens with zero attached hydrogens (tertiary/aromatic N) is 5. The molecular formula is C19H23ClFN5O4S. The van der Waals surface area contributed by atoms with Crippen LogP contribution in [0.3, 0.4) is 0 Å². The first-order chi connectivity index (χ1) is 14.3. The molecule has 2 fully saturated rings. The van der Waals surface area contributed by atoms with Crippen LogP contribution in [0.5, 0.6) is 0 Å². The molecule has 9 nitrogen and oxygen atoms in total. The molecule has 12 heteroatoms. The number of fused-ring (bicyclic) bond motifs is 3. The molecule has 4 rings (SSSR count). The van der Waals surface area contributed by atoms with Gasteiger partial charge in [0, 0.05) is 25.5 Å². The van der Waals surface area contributed by atoms with Gasteiger partial charge in [0.1, 0.15) is 16.9 Å². The Balaban J connectivity index is 1.74. The van der Waals surface area contributed by atoms with Gasteiger partial charge >= 0.3 is 6.09 Å². The average molecular weight is 472 g/mol. The van der Waals surface area contributed by atoms with Gasteiger partial charge in [-0.3, -0.25) is 4.90 Å². The number of aromatic nitrogens is 3. The lowest BCUT2D eigenvalue weighted by Gasteiger charge is -2.42. The molecule has 0 aliphatic carbocycles. The fourth-order valence-corrected chi connectivity index (χ4v) is 4.74. The first-order valence-electron chi connectivity index (χ1n) is 9.83. The van der Waals surface area contributed by atoms with E-state index in [1.807, 2.05) is 25.7 Å². The number of sulfone groups is 1. The maximum atomic E-state index is 14.6. The van der Waals surface area contributed by atoms with Crippen molar-refractivity contribution in [2.75, 3.05) is 24.2 Å². The molecule has 1 amide bonds. The van der Waals surface area contributed by atoms with Gasteiger partial charge in [0.05, 0.1) is 17.5 Å². The third kappa shape index (κ3) is 4.12. The Morgan fingerprint density at radius 1 is 1.23 bits per heavy atom. The summed E-state index contributed by atoms with van der Waals surface area (Å²) in [6.07, 6.45) is 3.48. The summed E-state index contributed by atoms with van der Waals surface area (Å²) in [4.78, 5) is 28.3. The number of ether oxygens (including phenoxy) is 1. The van der Waals surface area contributed by atoms with E-state index in [9.17, 15) is 17.6 Å². The molecule has 2 unspecified atom stereocenters. The number of rotatable bonds is 2. The van der Waals surface area contributed by atoms with Gasteiger partial charge in [-0.2, -0.15) is 0 Å². The molecule has 2 atom stereocenters. The molecular weight excluding hydrogens is 449 g/mol. The predicted octanol–water partition coefficient (Wildman–Crippen LogP) is 2.81. The first-order valence-corrected chi connectivity index (χ1v) is 12.1. The van der Waals surface area contributed by atoms with Crippen molar-refractivity contribution < 1.29 is 22.3 Å². The van der Waals surface area contributed by atoms with Gasteiger partial charge in [0.25, 0.3) is 0 Å². The maximum absolute atomic E-state index is 14.6. The second-order valence-electron chi connectivity index (χ2n) is 8.90. The maximum Gasteiger partial charge on any atom is 0.410 e. The van der Waals surface area contributed by atoms with E-state index in [0.29, 0.717) is 13.1 Å². The minimum atomic E-state index is -3.80. The molecule has 2 aliphatic rings. The summed E-state index contributed by atoms with van der Waals surface area (Å²) in [6, 6.07) is -0.268. The van der Waals surface area contributed by atoms with Crippen LogP contribution in [0.25, 0.3) is 10.9 Å². The Hall–Kier alpha value is -2.27. The molecule has 168 valence electrons. The molecule has 0 N–H and O–H groups in total. The van der Waals surface area contributed by atoms with Gasteiger partial charge in [-0.1, -0.05) is 11.6 Å². The van der Waals surface area contributed by atoms with Crippen LogP contribution in [-0.2, 0) is 14.6 Å². The van der Waals surface area contributed by atoms with Crippen LogP contribution in [0, 0.1) is 5.82 Å². The number of carbonyl (C=O) groups is 1. The third-order valence-electron chi connectivity index (χ3n) is 5.32. The van der Waals surface area contributed by atoms with E-state index in [4.69, 9.17) is 16.3 Å². The van der Waals surface area contributed by atoms with Gasteiger partial charge < -0.3 is 9.64 Å². The molecule has 31 heavy (non-hydrogen) atoms. The van der Waals surface area contributed by atoms with Crippen molar-refractivity contribution in [3.05, 3.63) is 17.2 Å².